The number of halogens is 1. The maximum atomic E-state index is 4.14. The van der Waals surface area contributed by atoms with E-state index in [1.165, 1.54) is 23.7 Å². The standard InChI is InChI=1S/C10H18IN3/c11-5-2-1-3-6-12-8-10-14-9-4-7-13-14/h4,7,9,12H,1-3,5-6,8,10H2. The highest BCUT2D eigenvalue weighted by Crippen LogP contribution is 1.97. The zero-order valence-electron chi connectivity index (χ0n) is 8.45. The highest BCUT2D eigenvalue weighted by Gasteiger charge is 1.90. The minimum atomic E-state index is 0.972. The van der Waals surface area contributed by atoms with Crippen LogP contribution in [-0.2, 0) is 6.54 Å². The van der Waals surface area contributed by atoms with Gasteiger partial charge in [0.15, 0.2) is 0 Å². The molecule has 0 aliphatic heterocycles. The van der Waals surface area contributed by atoms with Gasteiger partial charge in [0.1, 0.15) is 0 Å². The predicted molar refractivity (Wildman–Crippen MR) is 67.8 cm³/mol. The molecular weight excluding hydrogens is 289 g/mol. The third-order valence-electron chi connectivity index (χ3n) is 2.06. The van der Waals surface area contributed by atoms with Gasteiger partial charge in [0.05, 0.1) is 6.54 Å². The lowest BCUT2D eigenvalue weighted by Gasteiger charge is -2.04. The van der Waals surface area contributed by atoms with Crippen LogP contribution in [0.25, 0.3) is 0 Å². The van der Waals surface area contributed by atoms with Gasteiger partial charge in [-0.1, -0.05) is 29.0 Å². The molecule has 3 nitrogen and oxygen atoms in total. The van der Waals surface area contributed by atoms with E-state index in [1.807, 2.05) is 23.1 Å². The molecule has 1 aromatic heterocycles. The molecule has 4 heteroatoms. The summed E-state index contributed by atoms with van der Waals surface area (Å²) in [5, 5.41) is 7.56. The largest absolute Gasteiger partial charge is 0.315 e. The summed E-state index contributed by atoms with van der Waals surface area (Å²) in [7, 11) is 0. The maximum absolute atomic E-state index is 4.14. The minimum absolute atomic E-state index is 0.972. The monoisotopic (exact) mass is 307 g/mol. The highest BCUT2D eigenvalue weighted by molar-refractivity contribution is 14.1. The van der Waals surface area contributed by atoms with Gasteiger partial charge in [-0.15, -0.1) is 0 Å². The maximum Gasteiger partial charge on any atom is 0.0533 e. The van der Waals surface area contributed by atoms with Crippen LogP contribution in [0.2, 0.25) is 0 Å². The molecule has 0 saturated heterocycles. The van der Waals surface area contributed by atoms with E-state index < -0.39 is 0 Å². The van der Waals surface area contributed by atoms with Gasteiger partial charge in [-0.05, 0) is 29.9 Å². The Morgan fingerprint density at radius 3 is 2.86 bits per heavy atom. The molecule has 0 amide bonds. The summed E-state index contributed by atoms with van der Waals surface area (Å²) in [4.78, 5) is 0. The molecule has 1 heterocycles. The molecule has 1 N–H and O–H groups in total. The molecule has 0 aliphatic carbocycles. The Hall–Kier alpha value is -0.100. The van der Waals surface area contributed by atoms with E-state index in [0.717, 1.165) is 19.6 Å². The first-order valence-electron chi connectivity index (χ1n) is 5.17. The van der Waals surface area contributed by atoms with Gasteiger partial charge in [0.25, 0.3) is 0 Å². The Morgan fingerprint density at radius 2 is 2.14 bits per heavy atom. The van der Waals surface area contributed by atoms with Gasteiger partial charge in [0.2, 0.25) is 0 Å². The first kappa shape index (κ1) is 12.0. The van der Waals surface area contributed by atoms with Crippen molar-refractivity contribution < 1.29 is 0 Å². The van der Waals surface area contributed by atoms with Crippen molar-refractivity contribution in [1.29, 1.82) is 0 Å². The van der Waals surface area contributed by atoms with Gasteiger partial charge < -0.3 is 5.32 Å². The van der Waals surface area contributed by atoms with E-state index in [-0.39, 0.29) is 0 Å². The van der Waals surface area contributed by atoms with Crippen LogP contribution in [0.3, 0.4) is 0 Å². The van der Waals surface area contributed by atoms with Crippen molar-refractivity contribution in [3.05, 3.63) is 18.5 Å². The van der Waals surface area contributed by atoms with Crippen molar-refractivity contribution in [2.24, 2.45) is 0 Å². The summed E-state index contributed by atoms with van der Waals surface area (Å²) in [6.07, 6.45) is 7.80. The highest BCUT2D eigenvalue weighted by atomic mass is 127. The second-order valence-corrected chi connectivity index (χ2v) is 4.35. The molecule has 0 saturated carbocycles. The number of hydrogen-bond acceptors (Lipinski definition) is 2. The number of hydrogen-bond donors (Lipinski definition) is 1. The van der Waals surface area contributed by atoms with Crippen LogP contribution in [-0.4, -0.2) is 27.3 Å². The Kier molecular flexibility index (Phi) is 7.04. The average molecular weight is 307 g/mol. The SMILES string of the molecule is ICCCCCNCCn1cccn1. The summed E-state index contributed by atoms with van der Waals surface area (Å²) in [6, 6.07) is 1.96. The fourth-order valence-corrected chi connectivity index (χ4v) is 1.81. The van der Waals surface area contributed by atoms with E-state index in [4.69, 9.17) is 0 Å². The normalized spacial score (nSPS) is 10.6. The van der Waals surface area contributed by atoms with Crippen LogP contribution >= 0.6 is 22.6 Å². The zero-order valence-corrected chi connectivity index (χ0v) is 10.6. The lowest BCUT2D eigenvalue weighted by molar-refractivity contribution is 0.540. The van der Waals surface area contributed by atoms with Crippen LogP contribution in [0.15, 0.2) is 18.5 Å². The second-order valence-electron chi connectivity index (χ2n) is 3.27. The topological polar surface area (TPSA) is 29.9 Å². The van der Waals surface area contributed by atoms with Crippen molar-refractivity contribution in [1.82, 2.24) is 15.1 Å². The van der Waals surface area contributed by atoms with E-state index >= 15 is 0 Å². The molecule has 0 fully saturated rings. The molecule has 80 valence electrons. The molecule has 0 bridgehead atoms. The minimum Gasteiger partial charge on any atom is -0.315 e. The van der Waals surface area contributed by atoms with Crippen molar-refractivity contribution in [2.45, 2.75) is 25.8 Å². The van der Waals surface area contributed by atoms with Crippen LogP contribution in [0.1, 0.15) is 19.3 Å². The third-order valence-corrected chi connectivity index (χ3v) is 2.83. The lowest BCUT2D eigenvalue weighted by atomic mass is 10.2. The lowest BCUT2D eigenvalue weighted by Crippen LogP contribution is -2.21. The van der Waals surface area contributed by atoms with Gasteiger partial charge in [-0.25, -0.2) is 0 Å². The number of alkyl halides is 1. The molecule has 0 aromatic carbocycles. The zero-order chi connectivity index (χ0) is 10.1. The van der Waals surface area contributed by atoms with E-state index in [2.05, 4.69) is 33.0 Å². The van der Waals surface area contributed by atoms with E-state index in [9.17, 15) is 0 Å². The number of unbranched alkanes of at least 4 members (excludes halogenated alkanes) is 2. The first-order chi connectivity index (χ1) is 6.93. The number of aromatic nitrogens is 2. The van der Waals surface area contributed by atoms with Crippen molar-refractivity contribution in [3.63, 3.8) is 0 Å². The molecule has 0 spiro atoms. The summed E-state index contributed by atoms with van der Waals surface area (Å²) in [6.45, 7) is 3.13. The fourth-order valence-electron chi connectivity index (χ4n) is 1.27. The Morgan fingerprint density at radius 1 is 1.21 bits per heavy atom. The second kappa shape index (κ2) is 8.23. The van der Waals surface area contributed by atoms with Crippen LogP contribution in [0, 0.1) is 0 Å². The summed E-state index contributed by atoms with van der Waals surface area (Å²) in [5.74, 6) is 0. The van der Waals surface area contributed by atoms with Crippen molar-refractivity contribution in [3.8, 4) is 0 Å². The van der Waals surface area contributed by atoms with E-state index in [1.54, 1.807) is 0 Å². The van der Waals surface area contributed by atoms with Gasteiger partial charge >= 0.3 is 0 Å². The number of nitrogens with zero attached hydrogens (tertiary/aromatic N) is 2. The average Bonchev–Trinajstić information content (AvgIpc) is 2.69. The molecule has 1 rings (SSSR count). The van der Waals surface area contributed by atoms with Crippen LogP contribution in [0.4, 0.5) is 0 Å². The Labute approximate surface area is 99.4 Å². The van der Waals surface area contributed by atoms with E-state index in [0.29, 0.717) is 0 Å². The quantitative estimate of drug-likeness (QED) is 0.453. The molecule has 0 unspecified atom stereocenters. The van der Waals surface area contributed by atoms with Gasteiger partial charge in [-0.2, -0.15) is 5.10 Å². The molecule has 0 atom stereocenters. The summed E-state index contributed by atoms with van der Waals surface area (Å²) < 4.78 is 3.24. The molecule has 0 aliphatic rings. The van der Waals surface area contributed by atoms with Crippen molar-refractivity contribution >= 4 is 22.6 Å². The number of rotatable bonds is 8. The van der Waals surface area contributed by atoms with Crippen LogP contribution in [0.5, 0.6) is 0 Å². The Bertz CT molecular complexity index is 211. The number of nitrogens with one attached hydrogen (secondary N) is 1. The first-order valence-corrected chi connectivity index (χ1v) is 6.70. The third kappa shape index (κ3) is 5.59. The summed E-state index contributed by atoms with van der Waals surface area (Å²) >= 11 is 2.43. The van der Waals surface area contributed by atoms with Gasteiger partial charge in [0, 0.05) is 18.9 Å². The summed E-state index contributed by atoms with van der Waals surface area (Å²) in [5.41, 5.74) is 0. The van der Waals surface area contributed by atoms with Crippen LogP contribution < -0.4 is 5.32 Å². The smallest absolute Gasteiger partial charge is 0.0533 e. The molecule has 0 radical (unpaired) electrons. The fraction of sp³-hybridized carbons (Fsp3) is 0.700. The van der Waals surface area contributed by atoms with Crippen molar-refractivity contribution in [2.75, 3.05) is 17.5 Å². The molecule has 1 aromatic rings. The predicted octanol–water partition coefficient (Wildman–Crippen LogP) is 2.08. The molecular formula is C10H18IN3. The molecule has 14 heavy (non-hydrogen) atoms. The van der Waals surface area contributed by atoms with Gasteiger partial charge in [-0.3, -0.25) is 4.68 Å². The Balaban J connectivity index is 1.85.